The van der Waals surface area contributed by atoms with Crippen molar-refractivity contribution in [3.05, 3.63) is 188 Å². The molecule has 10 rings (SSSR count). The first-order valence-corrected chi connectivity index (χ1v) is 25.2. The number of aryl methyl sites for hydroxylation is 6. The molecule has 8 aromatic carbocycles. The summed E-state index contributed by atoms with van der Waals surface area (Å²) in [6, 6.07) is 42.6. The van der Waals surface area contributed by atoms with E-state index >= 15 is 0 Å². The van der Waals surface area contributed by atoms with Gasteiger partial charge >= 0.3 is 17.2 Å². The van der Waals surface area contributed by atoms with Gasteiger partial charge in [-0.15, -0.1) is 0 Å². The molecule has 2 aliphatic rings. The molecule has 0 aliphatic carbocycles. The molecule has 66 heavy (non-hydrogen) atoms. The van der Waals surface area contributed by atoms with Crippen molar-refractivity contribution in [1.82, 2.24) is 0 Å². The Balaban J connectivity index is 1.17. The fourth-order valence-corrected chi connectivity index (χ4v) is 11.9. The van der Waals surface area contributed by atoms with Crippen molar-refractivity contribution >= 4 is 38.7 Å². The Bertz CT molecular complexity index is 3080. The van der Waals surface area contributed by atoms with Crippen LogP contribution in [0.1, 0.15) is 106 Å². The molecule has 6 nitrogen and oxygen atoms in total. The first kappa shape index (κ1) is 43.8. The topological polar surface area (TPSA) is 55.4 Å². The fraction of sp³-hybridized carbons (Fsp3) is 0.241. The van der Waals surface area contributed by atoms with Gasteiger partial charge in [0.2, 0.25) is 0 Å². The van der Waals surface area contributed by atoms with Gasteiger partial charge in [-0.3, -0.25) is 0 Å². The molecule has 2 aliphatic heterocycles. The smallest absolute Gasteiger partial charge is 0.408 e. The van der Waals surface area contributed by atoms with Crippen LogP contribution in [0.3, 0.4) is 0 Å². The summed E-state index contributed by atoms with van der Waals surface area (Å²) < 4.78 is 42.9. The van der Waals surface area contributed by atoms with Crippen LogP contribution < -0.4 is 27.1 Å². The molecule has 2 heterocycles. The van der Waals surface area contributed by atoms with E-state index in [9.17, 15) is 0 Å². The first-order valence-electron chi connectivity index (χ1n) is 23.0. The second-order valence-corrected chi connectivity index (χ2v) is 20.5. The number of rotatable bonds is 7. The number of benzene rings is 8. The van der Waals surface area contributed by atoms with Crippen LogP contribution in [0.2, 0.25) is 0 Å². The molecule has 0 atom stereocenters. The second-order valence-electron chi connectivity index (χ2n) is 18.6. The lowest BCUT2D eigenvalue weighted by Gasteiger charge is -2.30. The van der Waals surface area contributed by atoms with E-state index in [1.165, 1.54) is 22.3 Å². The highest BCUT2D eigenvalue weighted by atomic mass is 31.2. The van der Waals surface area contributed by atoms with Gasteiger partial charge in [0.15, 0.2) is 0 Å². The molecule has 0 N–H and O–H groups in total. The average molecular weight is 911 g/mol. The highest BCUT2D eigenvalue weighted by molar-refractivity contribution is 7.43. The normalized spacial score (nSPS) is 13.8. The van der Waals surface area contributed by atoms with Crippen molar-refractivity contribution in [1.29, 1.82) is 0 Å². The minimum absolute atomic E-state index is 0.212. The summed E-state index contributed by atoms with van der Waals surface area (Å²) in [6.45, 7) is 21.7. The van der Waals surface area contributed by atoms with Crippen LogP contribution in [0.5, 0.6) is 34.5 Å². The molecular weight excluding hydrogens is 855 g/mol. The van der Waals surface area contributed by atoms with E-state index in [0.29, 0.717) is 24.3 Å². The van der Waals surface area contributed by atoms with Crippen LogP contribution >= 0.6 is 17.2 Å². The van der Waals surface area contributed by atoms with E-state index < -0.39 is 17.2 Å². The van der Waals surface area contributed by atoms with Crippen LogP contribution in [0, 0.1) is 41.5 Å². The third kappa shape index (κ3) is 7.93. The fourth-order valence-electron chi connectivity index (χ4n) is 9.53. The number of fused-ring (bicyclic) bond motifs is 6. The van der Waals surface area contributed by atoms with Crippen molar-refractivity contribution in [2.75, 3.05) is 0 Å². The highest BCUT2D eigenvalue weighted by Crippen LogP contribution is 2.57. The van der Waals surface area contributed by atoms with Crippen molar-refractivity contribution < 1.29 is 27.1 Å². The van der Waals surface area contributed by atoms with E-state index in [1.54, 1.807) is 0 Å². The van der Waals surface area contributed by atoms with E-state index in [1.807, 2.05) is 6.07 Å². The van der Waals surface area contributed by atoms with Crippen LogP contribution in [0.4, 0.5) is 0 Å². The minimum Gasteiger partial charge on any atom is -0.408 e. The van der Waals surface area contributed by atoms with Crippen molar-refractivity contribution in [2.24, 2.45) is 0 Å². The van der Waals surface area contributed by atoms with Gasteiger partial charge < -0.3 is 27.1 Å². The molecule has 8 aromatic rings. The Morgan fingerprint density at radius 3 is 1.11 bits per heavy atom. The van der Waals surface area contributed by atoms with Gasteiger partial charge in [0.05, 0.1) is 0 Å². The first-order chi connectivity index (χ1) is 31.8. The van der Waals surface area contributed by atoms with Gasteiger partial charge in [0.25, 0.3) is 0 Å². The summed E-state index contributed by atoms with van der Waals surface area (Å²) in [7, 11) is -4.10. The minimum atomic E-state index is -2.07. The summed E-state index contributed by atoms with van der Waals surface area (Å²) in [5.41, 5.74) is 15.3. The molecule has 334 valence electrons. The largest absolute Gasteiger partial charge is 0.530 e. The molecule has 0 aromatic heterocycles. The monoisotopic (exact) mass is 910 g/mol. The van der Waals surface area contributed by atoms with Gasteiger partial charge in [0.1, 0.15) is 34.5 Å². The predicted molar refractivity (Wildman–Crippen MR) is 272 cm³/mol. The quantitative estimate of drug-likeness (QED) is 0.149. The van der Waals surface area contributed by atoms with E-state index in [-0.39, 0.29) is 11.8 Å². The van der Waals surface area contributed by atoms with Crippen molar-refractivity contribution in [2.45, 2.75) is 93.9 Å². The van der Waals surface area contributed by atoms with Gasteiger partial charge in [-0.05, 0) is 132 Å². The molecule has 0 fully saturated rings. The molecule has 0 amide bonds. The van der Waals surface area contributed by atoms with E-state index in [0.717, 1.165) is 100 Å². The second kappa shape index (κ2) is 17.6. The summed E-state index contributed by atoms with van der Waals surface area (Å²) in [6.07, 6.45) is 1.40. The zero-order valence-corrected chi connectivity index (χ0v) is 41.2. The maximum atomic E-state index is 7.34. The third-order valence-electron chi connectivity index (χ3n) is 13.4. The molecular formula is C58H56O6P2. The summed E-state index contributed by atoms with van der Waals surface area (Å²) in [5, 5.41) is 4.11. The molecule has 0 unspecified atom stereocenters. The van der Waals surface area contributed by atoms with Crippen molar-refractivity contribution in [3.8, 4) is 45.6 Å². The van der Waals surface area contributed by atoms with Gasteiger partial charge in [-0.1, -0.05) is 137 Å². The summed E-state index contributed by atoms with van der Waals surface area (Å²) in [4.78, 5) is 0. The van der Waals surface area contributed by atoms with Crippen molar-refractivity contribution in [3.63, 3.8) is 0 Å². The third-order valence-corrected chi connectivity index (χ3v) is 15.4. The maximum Gasteiger partial charge on any atom is 0.530 e. The van der Waals surface area contributed by atoms with Crippen LogP contribution in [0.25, 0.3) is 32.7 Å². The Morgan fingerprint density at radius 2 is 0.712 bits per heavy atom. The predicted octanol–water partition coefficient (Wildman–Crippen LogP) is 17.1. The Hall–Kier alpha value is -6.06. The van der Waals surface area contributed by atoms with Crippen LogP contribution in [-0.2, 0) is 12.8 Å². The van der Waals surface area contributed by atoms with E-state index in [4.69, 9.17) is 27.1 Å². The Labute approximate surface area is 391 Å². The molecule has 0 bridgehead atoms. The molecule has 8 heteroatoms. The number of hydrogen-bond donors (Lipinski definition) is 0. The molecule has 0 radical (unpaired) electrons. The Morgan fingerprint density at radius 1 is 0.379 bits per heavy atom. The lowest BCUT2D eigenvalue weighted by molar-refractivity contribution is 0.375. The molecule has 0 saturated heterocycles. The average Bonchev–Trinajstić information content (AvgIpc) is 3.28. The molecule has 0 saturated carbocycles. The lowest BCUT2D eigenvalue weighted by atomic mass is 9.89. The van der Waals surface area contributed by atoms with Gasteiger partial charge in [-0.2, -0.15) is 0 Å². The van der Waals surface area contributed by atoms with Crippen LogP contribution in [0.15, 0.2) is 121 Å². The Kier molecular flexibility index (Phi) is 11.7. The zero-order valence-electron chi connectivity index (χ0n) is 39.5. The van der Waals surface area contributed by atoms with Gasteiger partial charge in [-0.25, -0.2) is 0 Å². The van der Waals surface area contributed by atoms with Crippen LogP contribution in [-0.4, -0.2) is 0 Å². The summed E-state index contributed by atoms with van der Waals surface area (Å²) in [5.74, 6) is 4.93. The van der Waals surface area contributed by atoms with Gasteiger partial charge in [0, 0.05) is 46.2 Å². The molecule has 0 spiro atoms. The lowest BCUT2D eigenvalue weighted by Crippen LogP contribution is -2.14. The van der Waals surface area contributed by atoms with E-state index in [2.05, 4.69) is 184 Å². The zero-order chi connectivity index (χ0) is 46.0. The summed E-state index contributed by atoms with van der Waals surface area (Å²) >= 11 is 0. The maximum absolute atomic E-state index is 7.34. The highest BCUT2D eigenvalue weighted by Gasteiger charge is 2.35. The SMILES string of the molecule is Cc1ccc(C)c2c1Cc1c(C)ccc(C)c1OP(Oc1ccc3ccccc3c1-c1c(OP3Oc4c(C(C)C)ccc(C)c4Cc4c(C)ccc(C(C)C)c4O3)ccc3ccccc13)O2. The number of hydrogen-bond acceptors (Lipinski definition) is 6. The standard InChI is InChI=1S/C58H56O6P2/c1-33(2)43-27-23-37(7)49-32-50-38(8)24-28-44(34(3)4)58(50)64-66(63-57(43)49)60-52-30-26-42-16-12-14-18-46(42)54(52)53-45-17-13-11-15-41(45)25-29-51(53)59-65-61-55-39(9)21-19-35(5)47(55)31-48-36(6)20-22-40(10)56(48)62-65/h11-30,33-34H,31-32H2,1-10H3.